The molecule has 0 spiro atoms. The van der Waals surface area contributed by atoms with Crippen molar-refractivity contribution < 1.29 is 4.79 Å². The van der Waals surface area contributed by atoms with Gasteiger partial charge in [-0.25, -0.2) is 0 Å². The summed E-state index contributed by atoms with van der Waals surface area (Å²) in [5.41, 5.74) is 0.772. The molecule has 19 heavy (non-hydrogen) atoms. The van der Waals surface area contributed by atoms with Crippen molar-refractivity contribution in [3.05, 3.63) is 49.1 Å². The fourth-order valence-corrected chi connectivity index (χ4v) is 2.76. The van der Waals surface area contributed by atoms with Gasteiger partial charge in [-0.05, 0) is 40.2 Å². The van der Waals surface area contributed by atoms with Crippen molar-refractivity contribution in [1.29, 1.82) is 0 Å². The molecule has 0 radical (unpaired) electrons. The van der Waals surface area contributed by atoms with E-state index in [0.29, 0.717) is 5.69 Å². The van der Waals surface area contributed by atoms with Crippen LogP contribution >= 0.6 is 55.1 Å². The Labute approximate surface area is 135 Å². The van der Waals surface area contributed by atoms with E-state index in [1.165, 1.54) is 6.07 Å². The van der Waals surface area contributed by atoms with Crippen LogP contribution in [0.3, 0.4) is 0 Å². The summed E-state index contributed by atoms with van der Waals surface area (Å²) in [6.07, 6.45) is 0. The van der Waals surface area contributed by atoms with Gasteiger partial charge in [0.05, 0.1) is 11.3 Å². The Morgan fingerprint density at radius 1 is 1.16 bits per heavy atom. The number of aromatic nitrogens is 2. The quantitative estimate of drug-likeness (QED) is 0.767. The predicted octanol–water partition coefficient (Wildman–Crippen LogP) is 4.56. The number of hydrogen-bond donors (Lipinski definition) is 1. The van der Waals surface area contributed by atoms with Crippen molar-refractivity contribution in [3.63, 3.8) is 0 Å². The second-order valence-corrected chi connectivity index (χ2v) is 5.97. The van der Waals surface area contributed by atoms with Crippen LogP contribution in [0.15, 0.2) is 33.2 Å². The molecule has 1 heterocycles. The fraction of sp³-hybridized carbons (Fsp3) is 0. The zero-order valence-corrected chi connectivity index (χ0v) is 13.8. The maximum atomic E-state index is 12.1. The van der Waals surface area contributed by atoms with Gasteiger partial charge in [0.2, 0.25) is 0 Å². The van der Waals surface area contributed by atoms with Crippen molar-refractivity contribution in [2.24, 2.45) is 0 Å². The smallest absolute Gasteiger partial charge is 0.259 e. The van der Waals surface area contributed by atoms with E-state index >= 15 is 0 Å². The number of benzene rings is 1. The first-order chi connectivity index (χ1) is 8.97. The molecular weight excluding hydrogens is 421 g/mol. The minimum atomic E-state index is -0.412. The van der Waals surface area contributed by atoms with Gasteiger partial charge in [-0.15, -0.1) is 10.2 Å². The van der Waals surface area contributed by atoms with Gasteiger partial charge < -0.3 is 5.32 Å². The lowest BCUT2D eigenvalue weighted by Gasteiger charge is -2.08. The molecule has 2 rings (SSSR count). The lowest BCUT2D eigenvalue weighted by Crippen LogP contribution is -2.13. The van der Waals surface area contributed by atoms with Crippen molar-refractivity contribution in [3.8, 4) is 0 Å². The first-order valence-electron chi connectivity index (χ1n) is 4.92. The van der Waals surface area contributed by atoms with Crippen LogP contribution < -0.4 is 5.32 Å². The molecule has 0 bridgehead atoms. The Morgan fingerprint density at radius 2 is 1.89 bits per heavy atom. The van der Waals surface area contributed by atoms with Crippen molar-refractivity contribution in [1.82, 2.24) is 10.2 Å². The molecule has 1 aromatic heterocycles. The number of hydrogen-bond acceptors (Lipinski definition) is 3. The molecule has 2 aromatic rings. The third-order valence-corrected chi connectivity index (χ3v) is 3.76. The summed E-state index contributed by atoms with van der Waals surface area (Å²) in [7, 11) is 0. The minimum Gasteiger partial charge on any atom is -0.321 e. The van der Waals surface area contributed by atoms with E-state index < -0.39 is 5.91 Å². The SMILES string of the molecule is O=C(Nc1ccc(Br)cc1Br)c1cc(Cl)nnc1Cl. The van der Waals surface area contributed by atoms with Crippen molar-refractivity contribution >= 4 is 66.7 Å². The molecule has 0 atom stereocenters. The van der Waals surface area contributed by atoms with E-state index in [2.05, 4.69) is 47.4 Å². The van der Waals surface area contributed by atoms with Crippen molar-refractivity contribution in [2.45, 2.75) is 0 Å². The molecule has 98 valence electrons. The minimum absolute atomic E-state index is 0.00451. The van der Waals surface area contributed by atoms with Gasteiger partial charge in [-0.1, -0.05) is 39.1 Å². The van der Waals surface area contributed by atoms with Crippen LogP contribution in [0.2, 0.25) is 10.3 Å². The third-order valence-electron chi connectivity index (χ3n) is 2.14. The van der Waals surface area contributed by atoms with E-state index in [-0.39, 0.29) is 15.9 Å². The number of halogens is 4. The summed E-state index contributed by atoms with van der Waals surface area (Å²) in [6.45, 7) is 0. The number of anilines is 1. The van der Waals surface area contributed by atoms with Gasteiger partial charge in [-0.3, -0.25) is 4.79 Å². The number of rotatable bonds is 2. The maximum Gasteiger partial charge on any atom is 0.259 e. The molecular formula is C11H5Br2Cl2N3O. The Bertz CT molecular complexity index is 652. The summed E-state index contributed by atoms with van der Waals surface area (Å²) < 4.78 is 1.63. The molecule has 0 aliphatic rings. The summed E-state index contributed by atoms with van der Waals surface area (Å²) >= 11 is 18.2. The number of nitrogens with zero attached hydrogens (tertiary/aromatic N) is 2. The van der Waals surface area contributed by atoms with Crippen LogP contribution in [0, 0.1) is 0 Å². The zero-order chi connectivity index (χ0) is 14.0. The number of nitrogens with one attached hydrogen (secondary N) is 1. The van der Waals surface area contributed by atoms with Crippen LogP contribution in [0.25, 0.3) is 0 Å². The van der Waals surface area contributed by atoms with Gasteiger partial charge in [-0.2, -0.15) is 0 Å². The van der Waals surface area contributed by atoms with Gasteiger partial charge in [0.25, 0.3) is 5.91 Å². The van der Waals surface area contributed by atoms with Crippen molar-refractivity contribution in [2.75, 3.05) is 5.32 Å². The Balaban J connectivity index is 2.28. The van der Waals surface area contributed by atoms with E-state index in [0.717, 1.165) is 8.95 Å². The van der Waals surface area contributed by atoms with Gasteiger partial charge >= 0.3 is 0 Å². The molecule has 4 nitrogen and oxygen atoms in total. The Kier molecular flexibility index (Phi) is 4.78. The average Bonchev–Trinajstić information content (AvgIpc) is 2.35. The van der Waals surface area contributed by atoms with Crippen LogP contribution in [0.5, 0.6) is 0 Å². The van der Waals surface area contributed by atoms with E-state index in [1.807, 2.05) is 6.07 Å². The van der Waals surface area contributed by atoms with Crippen LogP contribution in [0.4, 0.5) is 5.69 Å². The molecule has 1 aromatic carbocycles. The largest absolute Gasteiger partial charge is 0.321 e. The fourth-order valence-electron chi connectivity index (χ4n) is 1.29. The summed E-state index contributed by atoms with van der Waals surface area (Å²) in [5.74, 6) is -0.412. The first kappa shape index (κ1) is 14.7. The van der Waals surface area contributed by atoms with E-state index in [4.69, 9.17) is 23.2 Å². The lowest BCUT2D eigenvalue weighted by molar-refractivity contribution is 0.102. The molecule has 0 aliphatic carbocycles. The summed E-state index contributed by atoms with van der Waals surface area (Å²) in [6, 6.07) is 6.73. The third kappa shape index (κ3) is 3.66. The Hall–Kier alpha value is -0.690. The number of amides is 1. The zero-order valence-electron chi connectivity index (χ0n) is 9.12. The van der Waals surface area contributed by atoms with E-state index in [9.17, 15) is 4.79 Å². The average molecular weight is 426 g/mol. The van der Waals surface area contributed by atoms with Crippen LogP contribution in [-0.2, 0) is 0 Å². The van der Waals surface area contributed by atoms with E-state index in [1.54, 1.807) is 12.1 Å². The summed E-state index contributed by atoms with van der Waals surface area (Å²) in [4.78, 5) is 12.1. The molecule has 1 N–H and O–H groups in total. The highest BCUT2D eigenvalue weighted by Crippen LogP contribution is 2.27. The molecule has 8 heteroatoms. The topological polar surface area (TPSA) is 54.9 Å². The second kappa shape index (κ2) is 6.17. The standard InChI is InChI=1S/C11H5Br2Cl2N3O/c12-5-1-2-8(7(13)3-5)16-11(19)6-4-9(14)17-18-10(6)15/h1-4H,(H,16,19). The molecule has 0 aliphatic heterocycles. The normalized spacial score (nSPS) is 10.3. The molecule has 0 saturated heterocycles. The molecule has 0 unspecified atom stereocenters. The lowest BCUT2D eigenvalue weighted by atomic mass is 10.2. The molecule has 0 fully saturated rings. The number of carbonyl (C=O) groups excluding carboxylic acids is 1. The van der Waals surface area contributed by atoms with Crippen LogP contribution in [-0.4, -0.2) is 16.1 Å². The van der Waals surface area contributed by atoms with Crippen LogP contribution in [0.1, 0.15) is 10.4 Å². The predicted molar refractivity (Wildman–Crippen MR) is 81.8 cm³/mol. The molecule has 1 amide bonds. The summed E-state index contributed by atoms with van der Waals surface area (Å²) in [5, 5.41) is 9.93. The number of carbonyl (C=O) groups is 1. The highest BCUT2D eigenvalue weighted by Gasteiger charge is 2.14. The maximum absolute atomic E-state index is 12.1. The molecule has 0 saturated carbocycles. The highest BCUT2D eigenvalue weighted by atomic mass is 79.9. The first-order valence-corrected chi connectivity index (χ1v) is 7.26. The highest BCUT2D eigenvalue weighted by molar-refractivity contribution is 9.11. The second-order valence-electron chi connectivity index (χ2n) is 3.45. The Morgan fingerprint density at radius 3 is 2.58 bits per heavy atom. The monoisotopic (exact) mass is 423 g/mol. The van der Waals surface area contributed by atoms with Gasteiger partial charge in [0.1, 0.15) is 0 Å². The van der Waals surface area contributed by atoms with Gasteiger partial charge in [0.15, 0.2) is 10.3 Å². The van der Waals surface area contributed by atoms with Gasteiger partial charge in [0, 0.05) is 8.95 Å².